The Bertz CT molecular complexity index is 575. The molecule has 0 heterocycles. The maximum Gasteiger partial charge on any atom is 0.148 e. The van der Waals surface area contributed by atoms with E-state index in [1.165, 1.54) is 18.2 Å². The predicted octanol–water partition coefficient (Wildman–Crippen LogP) is 4.53. The zero-order chi connectivity index (χ0) is 13.1. The smallest absolute Gasteiger partial charge is 0.148 e. The van der Waals surface area contributed by atoms with Crippen molar-refractivity contribution >= 4 is 27.5 Å². The molecule has 0 aromatic heterocycles. The summed E-state index contributed by atoms with van der Waals surface area (Å²) < 4.78 is 19.4. The Morgan fingerprint density at radius 1 is 1.17 bits per heavy atom. The van der Waals surface area contributed by atoms with Gasteiger partial charge < -0.3 is 9.84 Å². The van der Waals surface area contributed by atoms with Gasteiger partial charge in [-0.15, -0.1) is 0 Å². The van der Waals surface area contributed by atoms with Crippen molar-refractivity contribution in [1.29, 1.82) is 0 Å². The predicted molar refractivity (Wildman–Crippen MR) is 71.5 cm³/mol. The van der Waals surface area contributed by atoms with E-state index < -0.39 is 5.82 Å². The van der Waals surface area contributed by atoms with E-state index in [1.807, 2.05) is 0 Å². The van der Waals surface area contributed by atoms with Crippen molar-refractivity contribution in [2.75, 3.05) is 0 Å². The molecule has 2 rings (SSSR count). The minimum Gasteiger partial charge on any atom is -0.455 e. The molecule has 0 saturated carbocycles. The lowest BCUT2D eigenvalue weighted by Crippen LogP contribution is -1.93. The monoisotopic (exact) mass is 330 g/mol. The lowest BCUT2D eigenvalue weighted by atomic mass is 10.2. The van der Waals surface area contributed by atoms with Crippen molar-refractivity contribution in [1.82, 2.24) is 0 Å². The highest BCUT2D eigenvalue weighted by Crippen LogP contribution is 2.33. The van der Waals surface area contributed by atoms with Gasteiger partial charge in [-0.3, -0.25) is 0 Å². The third-order valence-corrected chi connectivity index (χ3v) is 3.11. The van der Waals surface area contributed by atoms with Crippen LogP contribution in [0.2, 0.25) is 5.02 Å². The first-order valence-electron chi connectivity index (χ1n) is 5.12. The van der Waals surface area contributed by atoms with Gasteiger partial charge in [0.2, 0.25) is 0 Å². The first-order valence-corrected chi connectivity index (χ1v) is 6.29. The van der Waals surface area contributed by atoms with Gasteiger partial charge in [0.05, 0.1) is 11.6 Å². The van der Waals surface area contributed by atoms with Crippen LogP contribution >= 0.6 is 27.5 Å². The van der Waals surface area contributed by atoms with Gasteiger partial charge in [-0.2, -0.15) is 0 Å². The number of hydrogen-bond donors (Lipinski definition) is 1. The summed E-state index contributed by atoms with van der Waals surface area (Å²) in [6.45, 7) is -0.179. The molecule has 2 nitrogen and oxygen atoms in total. The molecule has 0 radical (unpaired) electrons. The highest BCUT2D eigenvalue weighted by atomic mass is 79.9. The van der Waals surface area contributed by atoms with E-state index in [-0.39, 0.29) is 12.4 Å². The first kappa shape index (κ1) is 13.3. The average molecular weight is 332 g/mol. The Hall–Kier alpha value is -1.10. The Labute approximate surface area is 117 Å². The molecule has 0 saturated heterocycles. The van der Waals surface area contributed by atoms with Crippen molar-refractivity contribution < 1.29 is 14.2 Å². The number of ether oxygens (including phenoxy) is 1. The molecule has 94 valence electrons. The van der Waals surface area contributed by atoms with Crippen molar-refractivity contribution in [2.24, 2.45) is 0 Å². The molecule has 0 aliphatic carbocycles. The number of benzene rings is 2. The Morgan fingerprint density at radius 2 is 1.94 bits per heavy atom. The van der Waals surface area contributed by atoms with Gasteiger partial charge in [0.1, 0.15) is 17.3 Å². The average Bonchev–Trinajstić information content (AvgIpc) is 2.36. The molecule has 0 bridgehead atoms. The van der Waals surface area contributed by atoms with E-state index in [4.69, 9.17) is 16.3 Å². The SMILES string of the molecule is OCc1cc(Br)ccc1Oc1cc(F)ccc1Cl. The number of rotatable bonds is 3. The topological polar surface area (TPSA) is 29.5 Å². The molecule has 0 aliphatic rings. The van der Waals surface area contributed by atoms with E-state index in [0.29, 0.717) is 16.3 Å². The summed E-state index contributed by atoms with van der Waals surface area (Å²) in [4.78, 5) is 0. The van der Waals surface area contributed by atoms with Gasteiger partial charge in [0.15, 0.2) is 0 Å². The molecular formula is C13H9BrClFO2. The van der Waals surface area contributed by atoms with Crippen molar-refractivity contribution in [3.8, 4) is 11.5 Å². The fourth-order valence-electron chi connectivity index (χ4n) is 1.45. The minimum atomic E-state index is -0.433. The molecular weight excluding hydrogens is 322 g/mol. The summed E-state index contributed by atoms with van der Waals surface area (Å²) in [5.41, 5.74) is 0.588. The van der Waals surface area contributed by atoms with Crippen LogP contribution in [0.4, 0.5) is 4.39 Å². The maximum atomic E-state index is 13.1. The molecule has 1 N–H and O–H groups in total. The molecule has 2 aromatic carbocycles. The van der Waals surface area contributed by atoms with Crippen LogP contribution in [0.5, 0.6) is 11.5 Å². The van der Waals surface area contributed by atoms with Crippen LogP contribution in [0.15, 0.2) is 40.9 Å². The standard InChI is InChI=1S/C13H9BrClFO2/c14-9-1-4-12(8(5-9)7-17)18-13-6-10(16)2-3-11(13)15/h1-6,17H,7H2. The van der Waals surface area contributed by atoms with Crippen molar-refractivity contribution in [3.05, 3.63) is 57.3 Å². The highest BCUT2D eigenvalue weighted by Gasteiger charge is 2.09. The Balaban J connectivity index is 2.36. The number of aliphatic hydroxyl groups excluding tert-OH is 1. The summed E-state index contributed by atoms with van der Waals surface area (Å²) in [5, 5.41) is 9.55. The third kappa shape index (κ3) is 3.02. The first-order chi connectivity index (χ1) is 8.60. The van der Waals surface area contributed by atoms with Crippen LogP contribution < -0.4 is 4.74 Å². The molecule has 5 heteroatoms. The summed E-state index contributed by atoms with van der Waals surface area (Å²) in [7, 11) is 0. The molecule has 0 aliphatic heterocycles. The zero-order valence-electron chi connectivity index (χ0n) is 9.16. The second-order valence-electron chi connectivity index (χ2n) is 3.59. The Morgan fingerprint density at radius 3 is 2.67 bits per heavy atom. The maximum absolute atomic E-state index is 13.1. The largest absolute Gasteiger partial charge is 0.455 e. The van der Waals surface area contributed by atoms with E-state index in [1.54, 1.807) is 18.2 Å². The van der Waals surface area contributed by atoms with Crippen LogP contribution in [0.1, 0.15) is 5.56 Å². The molecule has 0 spiro atoms. The third-order valence-electron chi connectivity index (χ3n) is 2.31. The minimum absolute atomic E-state index is 0.179. The molecule has 18 heavy (non-hydrogen) atoms. The normalized spacial score (nSPS) is 10.4. The van der Waals surface area contributed by atoms with Gasteiger partial charge in [0, 0.05) is 16.1 Å². The van der Waals surface area contributed by atoms with E-state index >= 15 is 0 Å². The van der Waals surface area contributed by atoms with Crippen LogP contribution in [0.25, 0.3) is 0 Å². The summed E-state index contributed by atoms with van der Waals surface area (Å²) in [6.07, 6.45) is 0. The van der Waals surface area contributed by atoms with E-state index in [0.717, 1.165) is 4.47 Å². The van der Waals surface area contributed by atoms with E-state index in [2.05, 4.69) is 15.9 Å². The van der Waals surface area contributed by atoms with Gasteiger partial charge in [-0.25, -0.2) is 4.39 Å². The van der Waals surface area contributed by atoms with Gasteiger partial charge in [-0.05, 0) is 30.3 Å². The number of halogens is 3. The van der Waals surface area contributed by atoms with Crippen LogP contribution in [0, 0.1) is 5.82 Å². The molecule has 0 unspecified atom stereocenters. The van der Waals surface area contributed by atoms with Crippen LogP contribution in [-0.4, -0.2) is 5.11 Å². The molecule has 2 aromatic rings. The lowest BCUT2D eigenvalue weighted by Gasteiger charge is -2.11. The fraction of sp³-hybridized carbons (Fsp3) is 0.0769. The molecule has 0 atom stereocenters. The van der Waals surface area contributed by atoms with Gasteiger partial charge >= 0.3 is 0 Å². The van der Waals surface area contributed by atoms with Gasteiger partial charge in [-0.1, -0.05) is 27.5 Å². The van der Waals surface area contributed by atoms with E-state index in [9.17, 15) is 9.50 Å². The summed E-state index contributed by atoms with van der Waals surface area (Å²) in [6, 6.07) is 9.04. The molecule has 0 amide bonds. The zero-order valence-corrected chi connectivity index (χ0v) is 11.5. The highest BCUT2D eigenvalue weighted by molar-refractivity contribution is 9.10. The van der Waals surface area contributed by atoms with Crippen molar-refractivity contribution in [3.63, 3.8) is 0 Å². The molecule has 0 fully saturated rings. The second kappa shape index (κ2) is 5.69. The quantitative estimate of drug-likeness (QED) is 0.895. The van der Waals surface area contributed by atoms with Gasteiger partial charge in [0.25, 0.3) is 0 Å². The Kier molecular flexibility index (Phi) is 4.22. The number of hydrogen-bond acceptors (Lipinski definition) is 2. The van der Waals surface area contributed by atoms with Crippen LogP contribution in [0.3, 0.4) is 0 Å². The van der Waals surface area contributed by atoms with Crippen LogP contribution in [-0.2, 0) is 6.61 Å². The van der Waals surface area contributed by atoms with Crippen molar-refractivity contribution in [2.45, 2.75) is 6.61 Å². The number of aliphatic hydroxyl groups is 1. The summed E-state index contributed by atoms with van der Waals surface area (Å²) >= 11 is 9.21. The summed E-state index contributed by atoms with van der Waals surface area (Å²) in [5.74, 6) is 0.221. The lowest BCUT2D eigenvalue weighted by molar-refractivity contribution is 0.276. The fourth-order valence-corrected chi connectivity index (χ4v) is 2.01. The second-order valence-corrected chi connectivity index (χ2v) is 4.91.